The monoisotopic (exact) mass is 476 g/mol. The maximum atomic E-state index is 6.66. The highest BCUT2D eigenvalue weighted by Crippen LogP contribution is 2.56. The standard InChI is InChI=1S/C36H28O/c1-36(2)30-20-25(23-15-16-23)17-18-27(30)33-31(36)21-29(35-34(33)28-13-6-7-14-32(28)37-35)26-12-8-11-24(19-26)22-9-4-3-5-10-22/h3-14,17-21,23H,15-16H2,1-2H3. The van der Waals surface area contributed by atoms with Gasteiger partial charge in [0, 0.05) is 21.8 Å². The maximum absolute atomic E-state index is 6.66. The van der Waals surface area contributed by atoms with Gasteiger partial charge in [-0.05, 0) is 81.5 Å². The Balaban J connectivity index is 1.44. The van der Waals surface area contributed by atoms with Gasteiger partial charge in [0.2, 0.25) is 0 Å². The number of para-hydroxylation sites is 1. The number of benzene rings is 5. The molecule has 8 rings (SSSR count). The van der Waals surface area contributed by atoms with Crippen LogP contribution in [0.3, 0.4) is 0 Å². The fourth-order valence-electron chi connectivity index (χ4n) is 6.50. The van der Waals surface area contributed by atoms with E-state index in [-0.39, 0.29) is 5.41 Å². The molecule has 0 spiro atoms. The summed E-state index contributed by atoms with van der Waals surface area (Å²) in [4.78, 5) is 0. The lowest BCUT2D eigenvalue weighted by molar-refractivity contribution is 0.656. The zero-order chi connectivity index (χ0) is 24.7. The van der Waals surface area contributed by atoms with E-state index in [1.165, 1.54) is 73.7 Å². The van der Waals surface area contributed by atoms with E-state index in [2.05, 4.69) is 117 Å². The van der Waals surface area contributed by atoms with Crippen LogP contribution in [-0.2, 0) is 5.41 Å². The molecule has 1 aromatic heterocycles. The summed E-state index contributed by atoms with van der Waals surface area (Å²) in [6.45, 7) is 4.79. The summed E-state index contributed by atoms with van der Waals surface area (Å²) in [5.74, 6) is 0.746. The Bertz CT molecular complexity index is 1850. The van der Waals surface area contributed by atoms with Crippen LogP contribution >= 0.6 is 0 Å². The van der Waals surface area contributed by atoms with Crippen LogP contribution in [0.25, 0.3) is 55.3 Å². The average Bonchev–Trinajstić information content (AvgIpc) is 3.68. The molecule has 1 fully saturated rings. The van der Waals surface area contributed by atoms with Crippen LogP contribution in [0.5, 0.6) is 0 Å². The fourth-order valence-corrected chi connectivity index (χ4v) is 6.50. The van der Waals surface area contributed by atoms with Crippen molar-refractivity contribution in [1.29, 1.82) is 0 Å². The van der Waals surface area contributed by atoms with E-state index < -0.39 is 0 Å². The molecule has 5 aromatic carbocycles. The quantitative estimate of drug-likeness (QED) is 0.248. The summed E-state index contributed by atoms with van der Waals surface area (Å²) in [6, 6.07) is 37.7. The van der Waals surface area contributed by atoms with Crippen LogP contribution in [0.1, 0.15) is 49.3 Å². The van der Waals surface area contributed by atoms with Gasteiger partial charge in [-0.25, -0.2) is 0 Å². The molecule has 178 valence electrons. The van der Waals surface area contributed by atoms with Gasteiger partial charge in [-0.2, -0.15) is 0 Å². The van der Waals surface area contributed by atoms with Crippen molar-refractivity contribution >= 4 is 21.9 Å². The van der Waals surface area contributed by atoms with Crippen molar-refractivity contribution in [1.82, 2.24) is 0 Å². The van der Waals surface area contributed by atoms with Gasteiger partial charge in [-0.1, -0.05) is 98.8 Å². The highest BCUT2D eigenvalue weighted by atomic mass is 16.3. The van der Waals surface area contributed by atoms with Crippen molar-refractivity contribution < 1.29 is 4.42 Å². The molecule has 6 aromatic rings. The topological polar surface area (TPSA) is 13.1 Å². The minimum Gasteiger partial charge on any atom is -0.455 e. The van der Waals surface area contributed by atoms with Gasteiger partial charge >= 0.3 is 0 Å². The molecular formula is C36H28O. The van der Waals surface area contributed by atoms with E-state index in [9.17, 15) is 0 Å². The van der Waals surface area contributed by atoms with E-state index in [0.29, 0.717) is 0 Å². The summed E-state index contributed by atoms with van der Waals surface area (Å²) in [7, 11) is 0. The molecule has 0 unspecified atom stereocenters. The molecule has 0 bridgehead atoms. The third kappa shape index (κ3) is 3.04. The lowest BCUT2D eigenvalue weighted by Gasteiger charge is -2.23. The second-order valence-corrected chi connectivity index (χ2v) is 11.3. The molecule has 0 aliphatic heterocycles. The van der Waals surface area contributed by atoms with E-state index in [0.717, 1.165) is 17.1 Å². The molecule has 1 heteroatoms. The Morgan fingerprint density at radius 3 is 2.24 bits per heavy atom. The van der Waals surface area contributed by atoms with Gasteiger partial charge in [-0.3, -0.25) is 0 Å². The largest absolute Gasteiger partial charge is 0.455 e. The molecule has 0 atom stereocenters. The van der Waals surface area contributed by atoms with Gasteiger partial charge in [0.25, 0.3) is 0 Å². The molecule has 1 saturated carbocycles. The Kier molecular flexibility index (Phi) is 4.24. The Hall–Kier alpha value is -4.10. The molecule has 0 radical (unpaired) electrons. The molecule has 0 saturated heterocycles. The lowest BCUT2D eigenvalue weighted by Crippen LogP contribution is -2.15. The molecule has 1 heterocycles. The van der Waals surface area contributed by atoms with E-state index in [1.807, 2.05) is 0 Å². The Morgan fingerprint density at radius 1 is 0.649 bits per heavy atom. The number of fused-ring (bicyclic) bond motifs is 7. The molecular weight excluding hydrogens is 448 g/mol. The second-order valence-electron chi connectivity index (χ2n) is 11.3. The van der Waals surface area contributed by atoms with Crippen molar-refractivity contribution in [3.05, 3.63) is 120 Å². The molecule has 37 heavy (non-hydrogen) atoms. The first-order valence-corrected chi connectivity index (χ1v) is 13.4. The zero-order valence-electron chi connectivity index (χ0n) is 21.2. The Morgan fingerprint density at radius 2 is 1.41 bits per heavy atom. The van der Waals surface area contributed by atoms with Gasteiger partial charge in [0.15, 0.2) is 0 Å². The molecule has 2 aliphatic rings. The minimum absolute atomic E-state index is 0.0755. The predicted octanol–water partition coefficient (Wildman–Crippen LogP) is 10.1. The SMILES string of the molecule is CC1(C)c2cc(C3CC3)ccc2-c2c1cc(-c1cccc(-c3ccccc3)c1)c1oc3ccccc3c21. The van der Waals surface area contributed by atoms with Crippen LogP contribution in [-0.4, -0.2) is 0 Å². The number of hydrogen-bond acceptors (Lipinski definition) is 1. The molecule has 1 nitrogen and oxygen atoms in total. The summed E-state index contributed by atoms with van der Waals surface area (Å²) < 4.78 is 6.66. The fraction of sp³-hybridized carbons (Fsp3) is 0.167. The number of rotatable bonds is 3. The molecule has 0 amide bonds. The van der Waals surface area contributed by atoms with E-state index in [1.54, 1.807) is 0 Å². The summed E-state index contributed by atoms with van der Waals surface area (Å²) in [6.07, 6.45) is 2.65. The van der Waals surface area contributed by atoms with Crippen LogP contribution in [0.2, 0.25) is 0 Å². The van der Waals surface area contributed by atoms with Gasteiger partial charge in [0.1, 0.15) is 11.2 Å². The lowest BCUT2D eigenvalue weighted by atomic mass is 9.80. The summed E-state index contributed by atoms with van der Waals surface area (Å²) in [5, 5.41) is 2.45. The predicted molar refractivity (Wildman–Crippen MR) is 154 cm³/mol. The third-order valence-corrected chi connectivity index (χ3v) is 8.64. The number of furan rings is 1. The van der Waals surface area contributed by atoms with Gasteiger partial charge < -0.3 is 4.42 Å². The highest BCUT2D eigenvalue weighted by Gasteiger charge is 2.39. The second kappa shape index (κ2) is 7.46. The van der Waals surface area contributed by atoms with Crippen molar-refractivity contribution in [3.63, 3.8) is 0 Å². The first kappa shape index (κ1) is 21.0. The summed E-state index contributed by atoms with van der Waals surface area (Å²) >= 11 is 0. The zero-order valence-corrected chi connectivity index (χ0v) is 21.2. The van der Waals surface area contributed by atoms with Crippen molar-refractivity contribution in [2.45, 2.75) is 38.0 Å². The van der Waals surface area contributed by atoms with Crippen LogP contribution in [0.4, 0.5) is 0 Å². The normalized spacial score (nSPS) is 15.7. The Labute approximate surface area is 217 Å². The van der Waals surface area contributed by atoms with Crippen molar-refractivity contribution in [3.8, 4) is 33.4 Å². The van der Waals surface area contributed by atoms with Crippen molar-refractivity contribution in [2.24, 2.45) is 0 Å². The first-order chi connectivity index (χ1) is 18.1. The van der Waals surface area contributed by atoms with Gasteiger partial charge in [-0.15, -0.1) is 0 Å². The van der Waals surface area contributed by atoms with E-state index >= 15 is 0 Å². The minimum atomic E-state index is -0.0755. The first-order valence-electron chi connectivity index (χ1n) is 13.4. The number of hydrogen-bond donors (Lipinski definition) is 0. The smallest absolute Gasteiger partial charge is 0.143 e. The molecule has 2 aliphatic carbocycles. The van der Waals surface area contributed by atoms with Crippen LogP contribution in [0.15, 0.2) is 108 Å². The van der Waals surface area contributed by atoms with Crippen molar-refractivity contribution in [2.75, 3.05) is 0 Å². The van der Waals surface area contributed by atoms with E-state index in [4.69, 9.17) is 4.42 Å². The summed E-state index contributed by atoms with van der Waals surface area (Å²) in [5.41, 5.74) is 13.7. The molecule has 0 N–H and O–H groups in total. The van der Waals surface area contributed by atoms with Crippen LogP contribution < -0.4 is 0 Å². The maximum Gasteiger partial charge on any atom is 0.143 e. The highest BCUT2D eigenvalue weighted by molar-refractivity contribution is 6.18. The third-order valence-electron chi connectivity index (χ3n) is 8.64. The average molecular weight is 477 g/mol. The van der Waals surface area contributed by atoms with Crippen LogP contribution in [0, 0.1) is 0 Å². The van der Waals surface area contributed by atoms with Gasteiger partial charge in [0.05, 0.1) is 0 Å².